The van der Waals surface area contributed by atoms with Crippen molar-refractivity contribution in [1.82, 2.24) is 0 Å². The smallest absolute Gasteiger partial charge is 0.285 e. The van der Waals surface area contributed by atoms with Crippen molar-refractivity contribution >= 4 is 44.0 Å². The quantitative estimate of drug-likeness (QED) is 0.699. The number of carbonyl (C=O) groups is 1. The maximum absolute atomic E-state index is 12.5. The minimum absolute atomic E-state index is 0.0633. The molecule has 2 aliphatic rings. The molecule has 0 aliphatic carbocycles. The third-order valence-electron chi connectivity index (χ3n) is 5.04. The lowest BCUT2D eigenvalue weighted by Gasteiger charge is -2.25. The number of carbonyl (C=O) groups excluding carboxylic acids is 1. The lowest BCUT2D eigenvalue weighted by atomic mass is 10.2. The van der Waals surface area contributed by atoms with Gasteiger partial charge in [0.1, 0.15) is 5.75 Å². The third-order valence-corrected chi connectivity index (χ3v) is 8.25. The number of ether oxygens (including phenoxy) is 1. The molecule has 158 valence electrons. The lowest BCUT2D eigenvalue weighted by molar-refractivity contribution is -0.119. The number of hydrogen-bond donors (Lipinski definition) is 0. The van der Waals surface area contributed by atoms with Gasteiger partial charge in [0.25, 0.3) is 5.91 Å². The molecule has 2 aromatic carbocycles. The molecule has 0 unspecified atom stereocenters. The molecule has 2 heterocycles. The number of amidine groups is 1. The van der Waals surface area contributed by atoms with E-state index < -0.39 is 15.7 Å². The minimum atomic E-state index is -3.10. The van der Waals surface area contributed by atoms with Gasteiger partial charge in [0.05, 0.1) is 17.5 Å². The normalized spacial score (nSPS) is 23.4. The van der Waals surface area contributed by atoms with Crippen molar-refractivity contribution < 1.29 is 17.9 Å². The molecule has 9 heteroatoms. The molecule has 0 aromatic heterocycles. The van der Waals surface area contributed by atoms with Crippen LogP contribution in [-0.2, 0) is 14.6 Å². The van der Waals surface area contributed by atoms with Crippen LogP contribution in [0.15, 0.2) is 59.6 Å². The number of benzene rings is 2. The van der Waals surface area contributed by atoms with Gasteiger partial charge in [0.15, 0.2) is 21.6 Å². The van der Waals surface area contributed by atoms with Crippen molar-refractivity contribution in [2.24, 2.45) is 4.99 Å². The first-order valence-electron chi connectivity index (χ1n) is 9.55. The highest BCUT2D eigenvalue weighted by atomic mass is 32.2. The molecule has 0 spiro atoms. The third kappa shape index (κ3) is 4.46. The van der Waals surface area contributed by atoms with Gasteiger partial charge in [0.2, 0.25) is 0 Å². The number of aliphatic imine (C=N–C) groups is 1. The van der Waals surface area contributed by atoms with E-state index in [1.807, 2.05) is 66.4 Å². The topological polar surface area (TPSA) is 79.3 Å². The van der Waals surface area contributed by atoms with Crippen molar-refractivity contribution in [1.29, 1.82) is 0 Å². The Balaban J connectivity index is 1.57. The van der Waals surface area contributed by atoms with E-state index in [4.69, 9.17) is 4.74 Å². The predicted molar refractivity (Wildman–Crippen MR) is 121 cm³/mol. The van der Waals surface area contributed by atoms with Gasteiger partial charge in [-0.15, -0.1) is 0 Å². The molecule has 4 rings (SSSR count). The average Bonchev–Trinajstić information content (AvgIpc) is 3.18. The predicted octanol–water partition coefficient (Wildman–Crippen LogP) is 2.43. The molecule has 2 fully saturated rings. The summed E-state index contributed by atoms with van der Waals surface area (Å²) in [6, 6.07) is 16.7. The second-order valence-corrected chi connectivity index (χ2v) is 10.8. The molecule has 0 saturated carbocycles. The Kier molecular flexibility index (Phi) is 5.75. The monoisotopic (exact) mass is 445 g/mol. The second kappa shape index (κ2) is 8.31. The molecule has 2 aromatic rings. The summed E-state index contributed by atoms with van der Waals surface area (Å²) in [5.74, 6) is 0.360. The molecule has 0 N–H and O–H groups in total. The Bertz CT molecular complexity index is 1050. The summed E-state index contributed by atoms with van der Waals surface area (Å²) in [5.41, 5.74) is 1.86. The number of rotatable bonds is 5. The van der Waals surface area contributed by atoms with Crippen molar-refractivity contribution in [3.8, 4) is 5.75 Å². The first kappa shape index (κ1) is 20.7. The van der Waals surface area contributed by atoms with Crippen LogP contribution in [0.4, 0.5) is 11.4 Å². The number of fused-ring (bicyclic) bond motifs is 1. The summed E-state index contributed by atoms with van der Waals surface area (Å²) in [6.07, 6.45) is 0. The van der Waals surface area contributed by atoms with Crippen LogP contribution in [0.3, 0.4) is 0 Å². The Labute approximate surface area is 180 Å². The average molecular weight is 446 g/mol. The van der Waals surface area contributed by atoms with Gasteiger partial charge in [-0.1, -0.05) is 30.0 Å². The molecule has 1 amide bonds. The first-order valence-corrected chi connectivity index (χ1v) is 12.3. The fraction of sp³-hybridized carbons (Fsp3) is 0.333. The number of hydrogen-bond acceptors (Lipinski definition) is 6. The molecule has 2 atom stereocenters. The van der Waals surface area contributed by atoms with E-state index in [2.05, 4.69) is 4.99 Å². The van der Waals surface area contributed by atoms with Gasteiger partial charge in [-0.3, -0.25) is 4.79 Å². The molecular formula is C21H23N3O4S2. The zero-order chi connectivity index (χ0) is 21.3. The van der Waals surface area contributed by atoms with Crippen LogP contribution in [0, 0.1) is 0 Å². The van der Waals surface area contributed by atoms with Gasteiger partial charge < -0.3 is 14.5 Å². The van der Waals surface area contributed by atoms with Crippen molar-refractivity contribution in [3.05, 3.63) is 54.6 Å². The van der Waals surface area contributed by atoms with Crippen LogP contribution >= 0.6 is 11.8 Å². The standard InChI is InChI=1S/C21H23N3O4S2/c1-23(2)15-8-10-16(11-9-15)24-18-13-30(26,27)14-19(18)29-21(24)22-20(25)12-28-17-6-4-3-5-7-17/h3-11,18-19H,12-14H2,1-2H3/t18-,19-/m0/s1. The van der Waals surface area contributed by atoms with Gasteiger partial charge in [-0.2, -0.15) is 4.99 Å². The molecule has 2 saturated heterocycles. The Morgan fingerprint density at radius 1 is 1.13 bits per heavy atom. The first-order chi connectivity index (χ1) is 14.3. The van der Waals surface area contributed by atoms with E-state index in [-0.39, 0.29) is 29.4 Å². The van der Waals surface area contributed by atoms with Crippen LogP contribution < -0.4 is 14.5 Å². The van der Waals surface area contributed by atoms with E-state index >= 15 is 0 Å². The highest BCUT2D eigenvalue weighted by Crippen LogP contribution is 2.41. The fourth-order valence-electron chi connectivity index (χ4n) is 3.58. The molecular weight excluding hydrogens is 422 g/mol. The Morgan fingerprint density at radius 3 is 2.50 bits per heavy atom. The van der Waals surface area contributed by atoms with Crippen LogP contribution in [0.5, 0.6) is 5.75 Å². The molecule has 30 heavy (non-hydrogen) atoms. The summed E-state index contributed by atoms with van der Waals surface area (Å²) >= 11 is 1.36. The van der Waals surface area contributed by atoms with Crippen molar-refractivity contribution in [2.75, 3.05) is 42.0 Å². The van der Waals surface area contributed by atoms with Crippen molar-refractivity contribution in [3.63, 3.8) is 0 Å². The number of anilines is 2. The minimum Gasteiger partial charge on any atom is -0.484 e. The van der Waals surface area contributed by atoms with Crippen LogP contribution in [0.1, 0.15) is 0 Å². The molecule has 2 aliphatic heterocycles. The van der Waals surface area contributed by atoms with Gasteiger partial charge in [0, 0.05) is 30.7 Å². The number of amides is 1. The van der Waals surface area contributed by atoms with Crippen LogP contribution in [-0.4, -0.2) is 63.0 Å². The van der Waals surface area contributed by atoms with Crippen LogP contribution in [0.25, 0.3) is 0 Å². The van der Waals surface area contributed by atoms with Crippen LogP contribution in [0.2, 0.25) is 0 Å². The summed E-state index contributed by atoms with van der Waals surface area (Å²) in [7, 11) is 0.812. The summed E-state index contributed by atoms with van der Waals surface area (Å²) in [5, 5.41) is 0.393. The molecule has 0 bridgehead atoms. The Morgan fingerprint density at radius 2 is 1.83 bits per heavy atom. The second-order valence-electron chi connectivity index (χ2n) is 7.47. The number of nitrogens with zero attached hydrogens (tertiary/aromatic N) is 3. The zero-order valence-corrected chi connectivity index (χ0v) is 18.4. The fourth-order valence-corrected chi connectivity index (χ4v) is 7.51. The van der Waals surface area contributed by atoms with E-state index in [9.17, 15) is 13.2 Å². The largest absolute Gasteiger partial charge is 0.484 e. The maximum Gasteiger partial charge on any atom is 0.285 e. The highest BCUT2D eigenvalue weighted by Gasteiger charge is 2.49. The van der Waals surface area contributed by atoms with Crippen molar-refractivity contribution in [2.45, 2.75) is 11.3 Å². The number of para-hydroxylation sites is 1. The number of sulfone groups is 1. The van der Waals surface area contributed by atoms with Gasteiger partial charge >= 0.3 is 0 Å². The van der Waals surface area contributed by atoms with E-state index in [0.29, 0.717) is 10.9 Å². The Hall–Kier alpha value is -2.52. The van der Waals surface area contributed by atoms with Gasteiger partial charge in [-0.25, -0.2) is 8.42 Å². The molecule has 0 radical (unpaired) electrons. The van der Waals surface area contributed by atoms with Gasteiger partial charge in [-0.05, 0) is 36.4 Å². The zero-order valence-electron chi connectivity index (χ0n) is 16.8. The van der Waals surface area contributed by atoms with E-state index in [0.717, 1.165) is 11.4 Å². The highest BCUT2D eigenvalue weighted by molar-refractivity contribution is 8.16. The molecule has 7 nitrogen and oxygen atoms in total. The lowest BCUT2D eigenvalue weighted by Crippen LogP contribution is -2.37. The summed E-state index contributed by atoms with van der Waals surface area (Å²) < 4.78 is 29.9. The summed E-state index contributed by atoms with van der Waals surface area (Å²) in [4.78, 5) is 20.6. The SMILES string of the molecule is CN(C)c1ccc(N2C(=NC(=O)COc3ccccc3)S[C@H]3CS(=O)(=O)C[C@@H]32)cc1. The van der Waals surface area contributed by atoms with E-state index in [1.54, 1.807) is 12.1 Å². The summed E-state index contributed by atoms with van der Waals surface area (Å²) in [6.45, 7) is -0.172. The number of thioether (sulfide) groups is 1. The van der Waals surface area contributed by atoms with E-state index in [1.165, 1.54) is 11.8 Å². The maximum atomic E-state index is 12.5.